The van der Waals surface area contributed by atoms with Gasteiger partial charge < -0.3 is 9.08 Å². The van der Waals surface area contributed by atoms with Crippen molar-refractivity contribution in [3.8, 4) is 5.75 Å². The van der Waals surface area contributed by atoms with E-state index >= 15 is 0 Å². The van der Waals surface area contributed by atoms with Crippen molar-refractivity contribution in [2.24, 2.45) is 5.92 Å². The molecule has 3 nitrogen and oxygen atoms in total. The van der Waals surface area contributed by atoms with Gasteiger partial charge in [0.2, 0.25) is 0 Å². The van der Waals surface area contributed by atoms with Crippen LogP contribution in [0.4, 0.5) is 0 Å². The van der Waals surface area contributed by atoms with Gasteiger partial charge in [0.15, 0.2) is 0 Å². The van der Waals surface area contributed by atoms with E-state index in [0.29, 0.717) is 5.92 Å². The molecule has 0 saturated heterocycles. The summed E-state index contributed by atoms with van der Waals surface area (Å²) in [6.07, 6.45) is 6.72. The van der Waals surface area contributed by atoms with Gasteiger partial charge in [0, 0.05) is 35.7 Å². The van der Waals surface area contributed by atoms with Crippen molar-refractivity contribution in [3.05, 3.63) is 53.9 Å². The molecule has 1 heterocycles. The Hall–Kier alpha value is -1.39. The van der Waals surface area contributed by atoms with Crippen LogP contribution in [0.1, 0.15) is 79.4 Å². The molecule has 0 radical (unpaired) electrons. The van der Waals surface area contributed by atoms with Gasteiger partial charge in [-0.25, -0.2) is 0 Å². The van der Waals surface area contributed by atoms with Crippen molar-refractivity contribution in [3.63, 3.8) is 0 Å². The Kier molecular flexibility index (Phi) is 16.5. The zero-order valence-corrected chi connectivity index (χ0v) is 21.6. The van der Waals surface area contributed by atoms with Crippen LogP contribution in [0.5, 0.6) is 5.75 Å². The molecule has 1 aliphatic rings. The van der Waals surface area contributed by atoms with Crippen LogP contribution < -0.4 is 4.18 Å². The fraction of sp³-hybridized carbons (Fsp3) is 0.615. The van der Waals surface area contributed by atoms with Crippen molar-refractivity contribution in [2.45, 2.75) is 81.3 Å². The maximum absolute atomic E-state index is 6.02. The third-order valence-electron chi connectivity index (χ3n) is 4.67. The molecule has 0 amide bonds. The van der Waals surface area contributed by atoms with Crippen LogP contribution in [0.25, 0.3) is 0 Å². The molecular weight excluding hydrogens is 388 g/mol. The molecule has 4 heteroatoms. The lowest BCUT2D eigenvalue weighted by atomic mass is 10.1. The van der Waals surface area contributed by atoms with E-state index < -0.39 is 0 Å². The summed E-state index contributed by atoms with van der Waals surface area (Å²) in [6.45, 7) is 25.1. The Morgan fingerprint density at radius 1 is 1.07 bits per heavy atom. The van der Waals surface area contributed by atoms with Crippen LogP contribution in [0.3, 0.4) is 0 Å². The molecule has 172 valence electrons. The molecule has 1 aliphatic heterocycles. The second-order valence-corrected chi connectivity index (χ2v) is 7.94. The summed E-state index contributed by atoms with van der Waals surface area (Å²) in [6, 6.07) is 6.70. The molecule has 30 heavy (non-hydrogen) atoms. The van der Waals surface area contributed by atoms with Crippen LogP contribution >= 0.6 is 12.0 Å². The number of nitrogens with zero attached hydrogens (tertiary/aromatic N) is 2. The summed E-state index contributed by atoms with van der Waals surface area (Å²) >= 11 is 1.51. The maximum Gasteiger partial charge on any atom is 0.142 e. The quantitative estimate of drug-likeness (QED) is 0.329. The van der Waals surface area contributed by atoms with Gasteiger partial charge in [-0.3, -0.25) is 4.90 Å². The molecule has 1 aromatic rings. The van der Waals surface area contributed by atoms with E-state index in [9.17, 15) is 0 Å². The molecule has 1 aromatic carbocycles. The highest BCUT2D eigenvalue weighted by molar-refractivity contribution is 7.94. The van der Waals surface area contributed by atoms with Crippen molar-refractivity contribution < 1.29 is 4.18 Å². The lowest BCUT2D eigenvalue weighted by molar-refractivity contribution is 0.266. The molecule has 0 bridgehead atoms. The van der Waals surface area contributed by atoms with Crippen LogP contribution in [0.2, 0.25) is 0 Å². The second kappa shape index (κ2) is 17.3. The summed E-state index contributed by atoms with van der Waals surface area (Å²) < 4.78 is 6.02. The minimum atomic E-state index is 0.417. The molecule has 0 aromatic heterocycles. The molecule has 0 saturated carbocycles. The Morgan fingerprint density at radius 3 is 2.20 bits per heavy atom. The fourth-order valence-electron chi connectivity index (χ4n) is 3.23. The summed E-state index contributed by atoms with van der Waals surface area (Å²) in [5.74, 6) is 2.35. The average molecular weight is 435 g/mol. The maximum atomic E-state index is 6.02. The SMILES string of the molecule is C=C1C(C)C=CN1Cc1ccc(CN(CCC)CCC)cc1OSCC.CC.CC. The Labute approximate surface area is 191 Å². The number of benzene rings is 1. The number of hydrogen-bond acceptors (Lipinski definition) is 4. The fourth-order valence-corrected chi connectivity index (χ4v) is 3.63. The molecule has 1 unspecified atom stereocenters. The van der Waals surface area contributed by atoms with Crippen molar-refractivity contribution in [1.82, 2.24) is 9.80 Å². The first kappa shape index (κ1) is 28.6. The third-order valence-corrected chi connectivity index (χ3v) is 5.21. The monoisotopic (exact) mass is 434 g/mol. The van der Waals surface area contributed by atoms with Crippen molar-refractivity contribution >= 4 is 12.0 Å². The molecule has 1 atom stereocenters. The summed E-state index contributed by atoms with van der Waals surface area (Å²) in [7, 11) is 0. The lowest BCUT2D eigenvalue weighted by Crippen LogP contribution is -2.25. The van der Waals surface area contributed by atoms with Gasteiger partial charge in [0.25, 0.3) is 0 Å². The van der Waals surface area contributed by atoms with Crippen molar-refractivity contribution in [2.75, 3.05) is 18.8 Å². The summed E-state index contributed by atoms with van der Waals surface area (Å²) in [5.41, 5.74) is 3.69. The first-order chi connectivity index (χ1) is 14.6. The average Bonchev–Trinajstić information content (AvgIpc) is 3.09. The second-order valence-electron chi connectivity index (χ2n) is 6.96. The summed E-state index contributed by atoms with van der Waals surface area (Å²) in [5, 5.41) is 0. The topological polar surface area (TPSA) is 15.7 Å². The van der Waals surface area contributed by atoms with E-state index in [4.69, 9.17) is 4.18 Å². The number of hydrogen-bond donors (Lipinski definition) is 0. The van der Waals surface area contributed by atoms with Crippen LogP contribution in [-0.2, 0) is 13.1 Å². The van der Waals surface area contributed by atoms with E-state index in [1.807, 2.05) is 27.7 Å². The van der Waals surface area contributed by atoms with Crippen LogP contribution in [-0.4, -0.2) is 28.6 Å². The normalized spacial score (nSPS) is 14.9. The van der Waals surface area contributed by atoms with Gasteiger partial charge >= 0.3 is 0 Å². The van der Waals surface area contributed by atoms with E-state index in [-0.39, 0.29) is 0 Å². The molecule has 0 N–H and O–H groups in total. The predicted molar refractivity (Wildman–Crippen MR) is 137 cm³/mol. The van der Waals surface area contributed by atoms with Gasteiger partial charge in [-0.15, -0.1) is 0 Å². The van der Waals surface area contributed by atoms with Crippen LogP contribution in [0, 0.1) is 5.92 Å². The van der Waals surface area contributed by atoms with Crippen molar-refractivity contribution in [1.29, 1.82) is 0 Å². The Morgan fingerprint density at radius 2 is 1.70 bits per heavy atom. The van der Waals surface area contributed by atoms with E-state index in [2.05, 4.69) is 74.5 Å². The van der Waals surface area contributed by atoms with Gasteiger partial charge in [0.1, 0.15) is 5.75 Å². The molecular formula is C26H46N2OS. The minimum Gasteiger partial charge on any atom is -0.425 e. The first-order valence-electron chi connectivity index (χ1n) is 11.9. The van der Waals surface area contributed by atoms with E-state index in [0.717, 1.165) is 43.4 Å². The smallest absolute Gasteiger partial charge is 0.142 e. The third kappa shape index (κ3) is 9.61. The highest BCUT2D eigenvalue weighted by Gasteiger charge is 2.19. The van der Waals surface area contributed by atoms with Crippen LogP contribution in [0.15, 0.2) is 42.8 Å². The van der Waals surface area contributed by atoms with Gasteiger partial charge in [0.05, 0.1) is 18.6 Å². The lowest BCUT2D eigenvalue weighted by Gasteiger charge is -2.23. The van der Waals surface area contributed by atoms with Gasteiger partial charge in [-0.2, -0.15) is 0 Å². The summed E-state index contributed by atoms with van der Waals surface area (Å²) in [4.78, 5) is 4.75. The zero-order valence-electron chi connectivity index (χ0n) is 20.8. The minimum absolute atomic E-state index is 0.417. The standard InChI is InChI=1S/C22H34N2OS.2C2H6/c1-6-12-23(13-7-2)16-20-9-10-21(22(15-20)25-26-8-3)17-24-14-11-18(4)19(24)5;2*1-2/h9-11,14-15,18H,5-8,12-13,16-17H2,1-4H3;2*1-2H3. The highest BCUT2D eigenvalue weighted by Crippen LogP contribution is 2.30. The van der Waals surface area contributed by atoms with Gasteiger partial charge in [-0.1, -0.05) is 80.2 Å². The Balaban J connectivity index is 0.00000198. The number of allylic oxidation sites excluding steroid dienone is 1. The highest BCUT2D eigenvalue weighted by atomic mass is 32.2. The molecule has 0 fully saturated rings. The van der Waals surface area contributed by atoms with E-state index in [1.165, 1.54) is 36.0 Å². The zero-order chi connectivity index (χ0) is 22.9. The largest absolute Gasteiger partial charge is 0.425 e. The molecule has 0 spiro atoms. The van der Waals surface area contributed by atoms with Gasteiger partial charge in [-0.05, 0) is 37.6 Å². The predicted octanol–water partition coefficient (Wildman–Crippen LogP) is 7.89. The Bertz CT molecular complexity index is 609. The molecule has 2 rings (SSSR count). The van der Waals surface area contributed by atoms with E-state index in [1.54, 1.807) is 0 Å². The molecule has 0 aliphatic carbocycles. The number of rotatable bonds is 11. The first-order valence-corrected chi connectivity index (χ1v) is 12.8.